The highest BCUT2D eigenvalue weighted by Crippen LogP contribution is 2.31. The van der Waals surface area contributed by atoms with Crippen molar-refractivity contribution in [1.82, 2.24) is 9.97 Å². The molecule has 29 heavy (non-hydrogen) atoms. The first-order valence-corrected chi connectivity index (χ1v) is 10.2. The summed E-state index contributed by atoms with van der Waals surface area (Å²) in [6.45, 7) is 2.08. The monoisotopic (exact) mass is 422 g/mol. The molecule has 0 saturated heterocycles. The predicted molar refractivity (Wildman–Crippen MR) is 121 cm³/mol. The van der Waals surface area contributed by atoms with E-state index < -0.39 is 0 Å². The summed E-state index contributed by atoms with van der Waals surface area (Å²) in [5.41, 5.74) is 4.40. The lowest BCUT2D eigenvalue weighted by atomic mass is 10.2. The maximum atomic E-state index is 12.6. The van der Waals surface area contributed by atoms with Crippen LogP contribution >= 0.6 is 22.9 Å². The highest BCUT2D eigenvalue weighted by Gasteiger charge is 2.12. The highest BCUT2D eigenvalue weighted by molar-refractivity contribution is 7.21. The Morgan fingerprint density at radius 2 is 1.79 bits per heavy atom. The second-order valence-electron chi connectivity index (χ2n) is 6.95. The molecular formula is C22H19ClN4OS. The fourth-order valence-corrected chi connectivity index (χ4v) is 4.17. The van der Waals surface area contributed by atoms with E-state index in [4.69, 9.17) is 16.6 Å². The van der Waals surface area contributed by atoms with Crippen molar-refractivity contribution in [3.63, 3.8) is 0 Å². The number of hydrogen-bond acceptors (Lipinski definition) is 5. The summed E-state index contributed by atoms with van der Waals surface area (Å²) in [5, 5.41) is 4.14. The molecule has 0 radical (unpaired) electrons. The number of hydrogen-bond donors (Lipinski definition) is 1. The van der Waals surface area contributed by atoms with Crippen molar-refractivity contribution >= 4 is 50.6 Å². The minimum absolute atomic E-state index is 0.236. The molecule has 146 valence electrons. The Kier molecular flexibility index (Phi) is 5.22. The van der Waals surface area contributed by atoms with Crippen LogP contribution in [0.3, 0.4) is 0 Å². The third-order valence-electron chi connectivity index (χ3n) is 4.43. The maximum Gasteiger partial charge on any atom is 0.255 e. The van der Waals surface area contributed by atoms with Crippen LogP contribution in [0.4, 0.5) is 11.5 Å². The summed E-state index contributed by atoms with van der Waals surface area (Å²) in [7, 11) is 3.70. The number of carbonyl (C=O) groups excluding carboxylic acids is 1. The Balaban J connectivity index is 1.54. The third-order valence-corrected chi connectivity index (χ3v) is 5.70. The second-order valence-corrected chi connectivity index (χ2v) is 8.37. The van der Waals surface area contributed by atoms with E-state index in [1.165, 1.54) is 10.3 Å². The number of anilines is 2. The molecule has 7 heteroatoms. The molecule has 0 saturated carbocycles. The number of aryl methyl sites for hydroxylation is 1. The molecule has 0 spiro atoms. The third kappa shape index (κ3) is 4.23. The molecule has 1 amide bonds. The van der Waals surface area contributed by atoms with Gasteiger partial charge in [0.2, 0.25) is 0 Å². The number of nitrogens with zero attached hydrogens (tertiary/aromatic N) is 3. The Morgan fingerprint density at radius 1 is 1.03 bits per heavy atom. The Hall–Kier alpha value is -2.96. The maximum absolute atomic E-state index is 12.6. The summed E-state index contributed by atoms with van der Waals surface area (Å²) in [6.07, 6.45) is 0. The van der Waals surface area contributed by atoms with Gasteiger partial charge >= 0.3 is 0 Å². The molecule has 0 bridgehead atoms. The van der Waals surface area contributed by atoms with E-state index in [0.717, 1.165) is 16.1 Å². The average molecular weight is 423 g/mol. The number of aromatic nitrogens is 2. The lowest BCUT2D eigenvalue weighted by Crippen LogP contribution is -2.15. The van der Waals surface area contributed by atoms with Gasteiger partial charge in [0.15, 0.2) is 0 Å². The van der Waals surface area contributed by atoms with Crippen LogP contribution < -0.4 is 10.2 Å². The molecule has 1 N–H and O–H groups in total. The molecule has 2 aromatic heterocycles. The van der Waals surface area contributed by atoms with Crippen LogP contribution in [-0.4, -0.2) is 30.0 Å². The van der Waals surface area contributed by atoms with Crippen LogP contribution in [0, 0.1) is 6.92 Å². The smallest absolute Gasteiger partial charge is 0.255 e. The number of carbonyl (C=O) groups is 1. The molecule has 0 atom stereocenters. The molecule has 4 rings (SSSR count). The normalized spacial score (nSPS) is 10.9. The summed E-state index contributed by atoms with van der Waals surface area (Å²) in [4.78, 5) is 23.3. The van der Waals surface area contributed by atoms with Gasteiger partial charge in [0.05, 0.1) is 10.2 Å². The van der Waals surface area contributed by atoms with Gasteiger partial charge in [0, 0.05) is 30.9 Å². The molecule has 5 nitrogen and oxygen atoms in total. The van der Waals surface area contributed by atoms with E-state index in [-0.39, 0.29) is 11.1 Å². The number of fused-ring (bicyclic) bond motifs is 1. The van der Waals surface area contributed by atoms with Crippen molar-refractivity contribution in [2.45, 2.75) is 6.92 Å². The lowest BCUT2D eigenvalue weighted by molar-refractivity contribution is 0.102. The molecule has 2 aromatic carbocycles. The Morgan fingerprint density at radius 3 is 2.52 bits per heavy atom. The van der Waals surface area contributed by atoms with E-state index in [9.17, 15) is 4.79 Å². The topological polar surface area (TPSA) is 58.1 Å². The first-order valence-electron chi connectivity index (χ1n) is 9.03. The van der Waals surface area contributed by atoms with Gasteiger partial charge < -0.3 is 10.2 Å². The van der Waals surface area contributed by atoms with Gasteiger partial charge in [0.25, 0.3) is 5.91 Å². The number of rotatable bonds is 4. The van der Waals surface area contributed by atoms with Gasteiger partial charge in [-0.1, -0.05) is 17.7 Å². The van der Waals surface area contributed by atoms with E-state index in [1.807, 2.05) is 44.4 Å². The zero-order valence-corrected chi connectivity index (χ0v) is 17.8. The summed E-state index contributed by atoms with van der Waals surface area (Å²) < 4.78 is 1.17. The predicted octanol–water partition coefficient (Wildman–Crippen LogP) is 5.64. The van der Waals surface area contributed by atoms with Gasteiger partial charge in [-0.05, 0) is 61.0 Å². The molecule has 0 aliphatic heterocycles. The number of halogens is 1. The first kappa shape index (κ1) is 19.4. The van der Waals surface area contributed by atoms with Crippen molar-refractivity contribution in [2.75, 3.05) is 24.3 Å². The van der Waals surface area contributed by atoms with E-state index in [1.54, 1.807) is 28.4 Å². The SMILES string of the molecule is Cc1ccc2nc(-c3ccc(NC(=O)c4cc(Cl)nc(N(C)C)c4)cc3)sc2c1. The van der Waals surface area contributed by atoms with Crippen LogP contribution in [-0.2, 0) is 0 Å². The molecule has 0 aliphatic rings. The van der Waals surface area contributed by atoms with Crippen LogP contribution in [0.15, 0.2) is 54.6 Å². The number of thiazole rings is 1. The van der Waals surface area contributed by atoms with Gasteiger partial charge in [-0.3, -0.25) is 4.79 Å². The zero-order valence-electron chi connectivity index (χ0n) is 16.2. The Bertz CT molecular complexity index is 1200. The number of amides is 1. The molecule has 0 unspecified atom stereocenters. The van der Waals surface area contributed by atoms with E-state index >= 15 is 0 Å². The van der Waals surface area contributed by atoms with Crippen LogP contribution in [0.2, 0.25) is 5.15 Å². The minimum atomic E-state index is -0.236. The fourth-order valence-electron chi connectivity index (χ4n) is 2.90. The van der Waals surface area contributed by atoms with Crippen molar-refractivity contribution in [2.24, 2.45) is 0 Å². The average Bonchev–Trinajstić information content (AvgIpc) is 3.11. The van der Waals surface area contributed by atoms with Gasteiger partial charge in [-0.2, -0.15) is 0 Å². The van der Waals surface area contributed by atoms with Gasteiger partial charge in [-0.15, -0.1) is 11.3 Å². The standard InChI is InChI=1S/C22H19ClN4OS/c1-13-4-9-17-18(10-13)29-22(25-17)14-5-7-16(8-6-14)24-21(28)15-11-19(23)26-20(12-15)27(2)3/h4-12H,1-3H3,(H,24,28). The lowest BCUT2D eigenvalue weighted by Gasteiger charge is -2.13. The molecule has 0 aliphatic carbocycles. The molecule has 0 fully saturated rings. The molecule has 4 aromatic rings. The summed E-state index contributed by atoms with van der Waals surface area (Å²) in [5.74, 6) is 0.393. The van der Waals surface area contributed by atoms with Gasteiger partial charge in [0.1, 0.15) is 16.0 Å². The van der Waals surface area contributed by atoms with Crippen molar-refractivity contribution in [3.8, 4) is 10.6 Å². The van der Waals surface area contributed by atoms with Crippen LogP contribution in [0.25, 0.3) is 20.8 Å². The molecular weight excluding hydrogens is 404 g/mol. The van der Waals surface area contributed by atoms with Gasteiger partial charge in [-0.25, -0.2) is 9.97 Å². The number of benzene rings is 2. The fraction of sp³-hybridized carbons (Fsp3) is 0.136. The minimum Gasteiger partial charge on any atom is -0.363 e. The van der Waals surface area contributed by atoms with Crippen molar-refractivity contribution in [1.29, 1.82) is 0 Å². The highest BCUT2D eigenvalue weighted by atomic mass is 35.5. The second kappa shape index (κ2) is 7.81. The largest absolute Gasteiger partial charge is 0.363 e. The van der Waals surface area contributed by atoms with Crippen LogP contribution in [0.5, 0.6) is 0 Å². The number of nitrogens with one attached hydrogen (secondary N) is 1. The number of pyridine rings is 1. The van der Waals surface area contributed by atoms with Crippen LogP contribution in [0.1, 0.15) is 15.9 Å². The molecule has 2 heterocycles. The Labute approximate surface area is 178 Å². The summed E-state index contributed by atoms with van der Waals surface area (Å²) >= 11 is 7.71. The summed E-state index contributed by atoms with van der Waals surface area (Å²) in [6, 6.07) is 17.2. The quantitative estimate of drug-likeness (QED) is 0.432. The first-order chi connectivity index (χ1) is 13.9. The van der Waals surface area contributed by atoms with E-state index in [0.29, 0.717) is 17.1 Å². The van der Waals surface area contributed by atoms with E-state index in [2.05, 4.69) is 29.4 Å². The zero-order chi connectivity index (χ0) is 20.5. The van der Waals surface area contributed by atoms with Crippen molar-refractivity contribution < 1.29 is 4.79 Å². The van der Waals surface area contributed by atoms with Crippen molar-refractivity contribution in [3.05, 3.63) is 70.9 Å².